The van der Waals surface area contributed by atoms with Crippen molar-refractivity contribution in [1.82, 2.24) is 4.90 Å². The van der Waals surface area contributed by atoms with Gasteiger partial charge < -0.3 is 15.4 Å². The minimum absolute atomic E-state index is 0.118. The number of benzene rings is 1. The normalized spacial score (nSPS) is 25.2. The first-order valence-corrected chi connectivity index (χ1v) is 7.58. The maximum Gasteiger partial charge on any atom is 0.125 e. The molecule has 4 heteroatoms. The van der Waals surface area contributed by atoms with Crippen LogP contribution in [0, 0.1) is 5.82 Å². The van der Waals surface area contributed by atoms with E-state index in [2.05, 4.69) is 11.8 Å². The fourth-order valence-corrected chi connectivity index (χ4v) is 3.49. The van der Waals surface area contributed by atoms with Crippen LogP contribution in [0.5, 0.6) is 5.75 Å². The molecule has 1 saturated heterocycles. The molecule has 20 heavy (non-hydrogen) atoms. The molecule has 0 saturated carbocycles. The highest BCUT2D eigenvalue weighted by atomic mass is 19.1. The highest BCUT2D eigenvalue weighted by Gasteiger charge is 2.42. The summed E-state index contributed by atoms with van der Waals surface area (Å²) >= 11 is 0. The van der Waals surface area contributed by atoms with E-state index in [1.807, 2.05) is 0 Å². The molecule has 1 spiro atoms. The summed E-state index contributed by atoms with van der Waals surface area (Å²) in [5.74, 6) is 0.533. The first kappa shape index (κ1) is 13.8. The maximum atomic E-state index is 13.3. The van der Waals surface area contributed by atoms with Crippen molar-refractivity contribution >= 4 is 0 Å². The first-order valence-electron chi connectivity index (χ1n) is 7.58. The summed E-state index contributed by atoms with van der Waals surface area (Å²) < 4.78 is 19.6. The third-order valence-corrected chi connectivity index (χ3v) is 4.60. The zero-order valence-corrected chi connectivity index (χ0v) is 12.1. The molecule has 1 aromatic carbocycles. The Morgan fingerprint density at radius 2 is 2.15 bits per heavy atom. The van der Waals surface area contributed by atoms with Crippen LogP contribution in [0.1, 0.15) is 44.2 Å². The second-order valence-electron chi connectivity index (χ2n) is 6.12. The number of fused-ring (bicyclic) bond motifs is 1. The standard InChI is InChI=1S/C16H23FN2O/c1-2-7-19-8-5-16(6-9-19)11-14(18)13-10-12(17)3-4-15(13)20-16/h3-4,10,14H,2,5-9,11,18H2,1H3/t14-/m1/s1. The quantitative estimate of drug-likeness (QED) is 0.904. The lowest BCUT2D eigenvalue weighted by Gasteiger charge is -2.46. The van der Waals surface area contributed by atoms with Gasteiger partial charge in [-0.3, -0.25) is 0 Å². The van der Waals surface area contributed by atoms with Crippen LogP contribution in [0.4, 0.5) is 4.39 Å². The number of likely N-dealkylation sites (tertiary alicyclic amines) is 1. The Bertz CT molecular complexity index is 483. The molecular formula is C16H23FN2O. The predicted octanol–water partition coefficient (Wildman–Crippen LogP) is 2.85. The molecule has 1 aromatic rings. The number of rotatable bonds is 2. The van der Waals surface area contributed by atoms with Gasteiger partial charge in [-0.15, -0.1) is 0 Å². The maximum absolute atomic E-state index is 13.3. The lowest BCUT2D eigenvalue weighted by Crippen LogP contribution is -2.51. The molecule has 3 nitrogen and oxygen atoms in total. The van der Waals surface area contributed by atoms with E-state index >= 15 is 0 Å². The Hall–Kier alpha value is -1.13. The molecular weight excluding hydrogens is 255 g/mol. The summed E-state index contributed by atoms with van der Waals surface area (Å²) in [4.78, 5) is 2.49. The summed E-state index contributed by atoms with van der Waals surface area (Å²) in [7, 11) is 0. The lowest BCUT2D eigenvalue weighted by molar-refractivity contribution is -0.0217. The number of hydrogen-bond acceptors (Lipinski definition) is 3. The van der Waals surface area contributed by atoms with Crippen molar-refractivity contribution in [3.8, 4) is 5.75 Å². The van der Waals surface area contributed by atoms with Gasteiger partial charge in [0.05, 0.1) is 0 Å². The fraction of sp³-hybridized carbons (Fsp3) is 0.625. The number of nitrogens with zero attached hydrogens (tertiary/aromatic N) is 1. The average Bonchev–Trinajstić information content (AvgIpc) is 2.43. The van der Waals surface area contributed by atoms with Crippen molar-refractivity contribution in [2.75, 3.05) is 19.6 Å². The Kier molecular flexibility index (Phi) is 3.69. The monoisotopic (exact) mass is 278 g/mol. The molecule has 0 bridgehead atoms. The van der Waals surface area contributed by atoms with E-state index in [0.717, 1.165) is 50.2 Å². The van der Waals surface area contributed by atoms with Gasteiger partial charge in [-0.1, -0.05) is 6.92 Å². The van der Waals surface area contributed by atoms with Crippen molar-refractivity contribution in [3.63, 3.8) is 0 Å². The van der Waals surface area contributed by atoms with E-state index < -0.39 is 0 Å². The van der Waals surface area contributed by atoms with Crippen LogP contribution in [-0.2, 0) is 0 Å². The first-order chi connectivity index (χ1) is 9.62. The summed E-state index contributed by atoms with van der Waals surface area (Å²) in [6, 6.07) is 4.58. The second kappa shape index (κ2) is 5.34. The van der Waals surface area contributed by atoms with Crippen LogP contribution in [0.25, 0.3) is 0 Å². The van der Waals surface area contributed by atoms with Crippen molar-refractivity contribution < 1.29 is 9.13 Å². The zero-order chi connectivity index (χ0) is 14.2. The number of nitrogens with two attached hydrogens (primary N) is 1. The predicted molar refractivity (Wildman–Crippen MR) is 77.3 cm³/mol. The third-order valence-electron chi connectivity index (χ3n) is 4.60. The molecule has 2 heterocycles. The van der Waals surface area contributed by atoms with Gasteiger partial charge in [0.1, 0.15) is 17.2 Å². The third kappa shape index (κ3) is 2.54. The molecule has 2 N–H and O–H groups in total. The Balaban J connectivity index is 1.76. The summed E-state index contributed by atoms with van der Waals surface area (Å²) in [6.07, 6.45) is 4.01. The molecule has 2 aliphatic rings. The molecule has 0 unspecified atom stereocenters. The summed E-state index contributed by atoms with van der Waals surface area (Å²) in [5.41, 5.74) is 6.92. The van der Waals surface area contributed by atoms with Crippen LogP contribution in [0.15, 0.2) is 18.2 Å². The van der Waals surface area contributed by atoms with Crippen LogP contribution >= 0.6 is 0 Å². The number of hydrogen-bond donors (Lipinski definition) is 1. The van der Waals surface area contributed by atoms with E-state index in [0.29, 0.717) is 0 Å². The van der Waals surface area contributed by atoms with Crippen LogP contribution in [0.2, 0.25) is 0 Å². The number of halogens is 1. The van der Waals surface area contributed by atoms with E-state index in [-0.39, 0.29) is 17.5 Å². The van der Waals surface area contributed by atoms with Gasteiger partial charge in [-0.2, -0.15) is 0 Å². The van der Waals surface area contributed by atoms with E-state index in [9.17, 15) is 4.39 Å². The number of piperidine rings is 1. The van der Waals surface area contributed by atoms with E-state index in [1.54, 1.807) is 6.07 Å². The summed E-state index contributed by atoms with van der Waals surface area (Å²) in [6.45, 7) is 5.50. The Morgan fingerprint density at radius 1 is 1.40 bits per heavy atom. The Labute approximate surface area is 119 Å². The molecule has 0 aromatic heterocycles. The van der Waals surface area contributed by atoms with Crippen LogP contribution in [0.3, 0.4) is 0 Å². The molecule has 1 fully saturated rings. The smallest absolute Gasteiger partial charge is 0.125 e. The van der Waals surface area contributed by atoms with E-state index in [1.165, 1.54) is 18.6 Å². The molecule has 110 valence electrons. The Morgan fingerprint density at radius 3 is 2.85 bits per heavy atom. The topological polar surface area (TPSA) is 38.5 Å². The van der Waals surface area contributed by atoms with Gasteiger partial charge >= 0.3 is 0 Å². The lowest BCUT2D eigenvalue weighted by atomic mass is 9.81. The van der Waals surface area contributed by atoms with Gasteiger partial charge in [-0.05, 0) is 44.0 Å². The largest absolute Gasteiger partial charge is 0.487 e. The van der Waals surface area contributed by atoms with Gasteiger partial charge in [0.25, 0.3) is 0 Å². The average molecular weight is 278 g/mol. The highest BCUT2D eigenvalue weighted by molar-refractivity contribution is 5.39. The SMILES string of the molecule is CCCN1CCC2(CC1)C[C@@H](N)c1cc(F)ccc1O2. The fourth-order valence-electron chi connectivity index (χ4n) is 3.49. The second-order valence-corrected chi connectivity index (χ2v) is 6.12. The van der Waals surface area contributed by atoms with Gasteiger partial charge in [-0.25, -0.2) is 4.39 Å². The number of ether oxygens (including phenoxy) is 1. The molecule has 2 aliphatic heterocycles. The van der Waals surface area contributed by atoms with Crippen LogP contribution < -0.4 is 10.5 Å². The van der Waals surface area contributed by atoms with E-state index in [4.69, 9.17) is 10.5 Å². The van der Waals surface area contributed by atoms with Gasteiger partial charge in [0.2, 0.25) is 0 Å². The highest BCUT2D eigenvalue weighted by Crippen LogP contribution is 2.43. The van der Waals surface area contributed by atoms with Crippen molar-refractivity contribution in [3.05, 3.63) is 29.6 Å². The molecule has 1 atom stereocenters. The zero-order valence-electron chi connectivity index (χ0n) is 12.1. The van der Waals surface area contributed by atoms with Crippen molar-refractivity contribution in [1.29, 1.82) is 0 Å². The minimum atomic E-state index is -0.239. The van der Waals surface area contributed by atoms with Crippen LogP contribution in [-0.4, -0.2) is 30.1 Å². The molecule has 0 radical (unpaired) electrons. The summed E-state index contributed by atoms with van der Waals surface area (Å²) in [5, 5.41) is 0. The molecule has 3 rings (SSSR count). The van der Waals surface area contributed by atoms with Gasteiger partial charge in [0.15, 0.2) is 0 Å². The molecule has 0 amide bonds. The van der Waals surface area contributed by atoms with Crippen molar-refractivity contribution in [2.45, 2.75) is 44.2 Å². The van der Waals surface area contributed by atoms with Gasteiger partial charge in [0, 0.05) is 31.1 Å². The van der Waals surface area contributed by atoms with Crippen molar-refractivity contribution in [2.24, 2.45) is 5.73 Å². The molecule has 0 aliphatic carbocycles. The minimum Gasteiger partial charge on any atom is -0.487 e.